The normalized spacial score (nSPS) is 12.8. The molecule has 1 unspecified atom stereocenters. The molecule has 84 valence electrons. The summed E-state index contributed by atoms with van der Waals surface area (Å²) in [5.74, 6) is 0. The fourth-order valence-electron chi connectivity index (χ4n) is 1.72. The van der Waals surface area contributed by atoms with Crippen LogP contribution < -0.4 is 0 Å². The smallest absolute Gasteiger partial charge is 0.0902 e. The summed E-state index contributed by atoms with van der Waals surface area (Å²) in [5.41, 5.74) is 1.71. The third-order valence-corrected chi connectivity index (χ3v) is 2.60. The van der Waals surface area contributed by atoms with Gasteiger partial charge in [0, 0.05) is 18.0 Å². The van der Waals surface area contributed by atoms with Crippen molar-refractivity contribution in [2.45, 2.75) is 25.4 Å². The first-order chi connectivity index (χ1) is 7.83. The minimum absolute atomic E-state index is 0.471. The standard InChI is InChI=1S/C12H15N3O/c1-2-3-4-5-12(16)10-8-14-15-7-6-13-9-11(10)15/h2,6-9,12,16H,1,3-5H2. The SMILES string of the molecule is C=CCCCC(O)c1cnn2ccncc12. The maximum atomic E-state index is 10.0. The average molecular weight is 217 g/mol. The summed E-state index contributed by atoms with van der Waals surface area (Å²) in [6, 6.07) is 0. The molecule has 2 aromatic heterocycles. The molecule has 1 N–H and O–H groups in total. The van der Waals surface area contributed by atoms with E-state index in [0.717, 1.165) is 30.3 Å². The molecule has 1 atom stereocenters. The molecule has 0 aliphatic rings. The molecule has 0 bridgehead atoms. The number of aliphatic hydroxyl groups is 1. The molecule has 0 aliphatic carbocycles. The van der Waals surface area contributed by atoms with Crippen LogP contribution in [0.5, 0.6) is 0 Å². The lowest BCUT2D eigenvalue weighted by molar-refractivity contribution is 0.166. The molecular formula is C12H15N3O. The van der Waals surface area contributed by atoms with Crippen LogP contribution in [0.1, 0.15) is 30.9 Å². The summed E-state index contributed by atoms with van der Waals surface area (Å²) in [6.07, 6.45) is 10.8. The zero-order valence-electron chi connectivity index (χ0n) is 9.08. The Hall–Kier alpha value is -1.68. The van der Waals surface area contributed by atoms with Gasteiger partial charge in [0.1, 0.15) is 0 Å². The summed E-state index contributed by atoms with van der Waals surface area (Å²) in [5, 5.41) is 14.2. The zero-order chi connectivity index (χ0) is 11.4. The Balaban J connectivity index is 2.16. The molecule has 16 heavy (non-hydrogen) atoms. The summed E-state index contributed by atoms with van der Waals surface area (Å²) < 4.78 is 1.72. The van der Waals surface area contributed by atoms with Gasteiger partial charge in [-0.3, -0.25) is 4.98 Å². The van der Waals surface area contributed by atoms with Crippen LogP contribution in [-0.4, -0.2) is 19.7 Å². The molecule has 2 heterocycles. The van der Waals surface area contributed by atoms with Gasteiger partial charge in [0.25, 0.3) is 0 Å². The van der Waals surface area contributed by atoms with Gasteiger partial charge in [-0.25, -0.2) is 4.52 Å². The number of allylic oxidation sites excluding steroid dienone is 1. The van der Waals surface area contributed by atoms with Crippen LogP contribution in [0.25, 0.3) is 5.52 Å². The Kier molecular flexibility index (Phi) is 3.31. The van der Waals surface area contributed by atoms with E-state index in [-0.39, 0.29) is 0 Å². The van der Waals surface area contributed by atoms with E-state index < -0.39 is 6.10 Å². The Morgan fingerprint density at radius 2 is 2.38 bits per heavy atom. The van der Waals surface area contributed by atoms with E-state index in [2.05, 4.69) is 16.7 Å². The first kappa shape index (κ1) is 10.8. The van der Waals surface area contributed by atoms with Gasteiger partial charge < -0.3 is 5.11 Å². The molecule has 2 aromatic rings. The van der Waals surface area contributed by atoms with E-state index in [9.17, 15) is 5.11 Å². The van der Waals surface area contributed by atoms with Crippen LogP contribution in [0, 0.1) is 0 Å². The Morgan fingerprint density at radius 1 is 1.50 bits per heavy atom. The molecule has 0 spiro atoms. The summed E-state index contributed by atoms with van der Waals surface area (Å²) in [6.45, 7) is 3.66. The molecule has 0 aromatic carbocycles. The number of nitrogens with zero attached hydrogens (tertiary/aromatic N) is 3. The molecule has 0 saturated carbocycles. The number of unbranched alkanes of at least 4 members (excludes halogenated alkanes) is 1. The maximum absolute atomic E-state index is 10.0. The molecule has 4 heteroatoms. The molecule has 0 radical (unpaired) electrons. The van der Waals surface area contributed by atoms with E-state index in [1.165, 1.54) is 0 Å². The Morgan fingerprint density at radius 3 is 3.19 bits per heavy atom. The fourth-order valence-corrected chi connectivity index (χ4v) is 1.72. The molecule has 2 rings (SSSR count). The Labute approximate surface area is 94.3 Å². The second kappa shape index (κ2) is 4.90. The summed E-state index contributed by atoms with van der Waals surface area (Å²) in [4.78, 5) is 4.04. The molecule has 4 nitrogen and oxygen atoms in total. The number of hydrogen-bond donors (Lipinski definition) is 1. The van der Waals surface area contributed by atoms with Crippen LogP contribution in [0.3, 0.4) is 0 Å². The van der Waals surface area contributed by atoms with Crippen molar-refractivity contribution in [3.05, 3.63) is 43.0 Å². The largest absolute Gasteiger partial charge is 0.388 e. The van der Waals surface area contributed by atoms with Crippen molar-refractivity contribution in [3.63, 3.8) is 0 Å². The number of aliphatic hydroxyl groups excluding tert-OH is 1. The lowest BCUT2D eigenvalue weighted by atomic mass is 10.1. The second-order valence-corrected chi connectivity index (χ2v) is 3.74. The third-order valence-electron chi connectivity index (χ3n) is 2.60. The van der Waals surface area contributed by atoms with E-state index in [0.29, 0.717) is 0 Å². The van der Waals surface area contributed by atoms with Crippen LogP contribution in [0.4, 0.5) is 0 Å². The van der Waals surface area contributed by atoms with E-state index in [4.69, 9.17) is 0 Å². The van der Waals surface area contributed by atoms with Crippen molar-refractivity contribution in [2.24, 2.45) is 0 Å². The predicted molar refractivity (Wildman–Crippen MR) is 62.0 cm³/mol. The highest BCUT2D eigenvalue weighted by Gasteiger charge is 2.12. The van der Waals surface area contributed by atoms with E-state index in [1.54, 1.807) is 29.3 Å². The molecular weight excluding hydrogens is 202 g/mol. The third kappa shape index (κ3) is 2.12. The highest BCUT2D eigenvalue weighted by molar-refractivity contribution is 5.52. The van der Waals surface area contributed by atoms with Gasteiger partial charge in [0.05, 0.1) is 24.0 Å². The van der Waals surface area contributed by atoms with E-state index >= 15 is 0 Å². The molecule has 0 amide bonds. The Bertz CT molecular complexity index is 478. The van der Waals surface area contributed by atoms with Gasteiger partial charge in [-0.15, -0.1) is 6.58 Å². The molecule has 0 fully saturated rings. The van der Waals surface area contributed by atoms with Gasteiger partial charge >= 0.3 is 0 Å². The quantitative estimate of drug-likeness (QED) is 0.616. The lowest BCUT2D eigenvalue weighted by Gasteiger charge is -2.07. The van der Waals surface area contributed by atoms with Gasteiger partial charge in [-0.2, -0.15) is 5.10 Å². The summed E-state index contributed by atoms with van der Waals surface area (Å²) in [7, 11) is 0. The van der Waals surface area contributed by atoms with Crippen LogP contribution >= 0.6 is 0 Å². The average Bonchev–Trinajstić information content (AvgIpc) is 2.73. The minimum atomic E-state index is -0.471. The first-order valence-electron chi connectivity index (χ1n) is 5.39. The van der Waals surface area contributed by atoms with Gasteiger partial charge in [0.15, 0.2) is 0 Å². The van der Waals surface area contributed by atoms with Crippen molar-refractivity contribution >= 4 is 5.52 Å². The van der Waals surface area contributed by atoms with Crippen molar-refractivity contribution in [2.75, 3.05) is 0 Å². The van der Waals surface area contributed by atoms with E-state index in [1.807, 2.05) is 6.08 Å². The predicted octanol–water partition coefficient (Wildman–Crippen LogP) is 2.12. The van der Waals surface area contributed by atoms with Crippen LogP contribution in [-0.2, 0) is 0 Å². The van der Waals surface area contributed by atoms with Gasteiger partial charge in [0.2, 0.25) is 0 Å². The van der Waals surface area contributed by atoms with Crippen molar-refractivity contribution in [1.29, 1.82) is 0 Å². The second-order valence-electron chi connectivity index (χ2n) is 3.74. The van der Waals surface area contributed by atoms with Crippen molar-refractivity contribution < 1.29 is 5.11 Å². The highest BCUT2D eigenvalue weighted by atomic mass is 16.3. The topological polar surface area (TPSA) is 50.4 Å². The number of rotatable bonds is 5. The lowest BCUT2D eigenvalue weighted by Crippen LogP contribution is -1.97. The molecule has 0 aliphatic heterocycles. The summed E-state index contributed by atoms with van der Waals surface area (Å²) >= 11 is 0. The zero-order valence-corrected chi connectivity index (χ0v) is 9.08. The highest BCUT2D eigenvalue weighted by Crippen LogP contribution is 2.22. The minimum Gasteiger partial charge on any atom is -0.388 e. The number of hydrogen-bond acceptors (Lipinski definition) is 3. The fraction of sp³-hybridized carbons (Fsp3) is 0.333. The van der Waals surface area contributed by atoms with Gasteiger partial charge in [-0.1, -0.05) is 6.08 Å². The van der Waals surface area contributed by atoms with Crippen molar-refractivity contribution in [3.8, 4) is 0 Å². The van der Waals surface area contributed by atoms with Crippen LogP contribution in [0.2, 0.25) is 0 Å². The number of fused-ring (bicyclic) bond motifs is 1. The maximum Gasteiger partial charge on any atom is 0.0902 e. The van der Waals surface area contributed by atoms with Crippen LogP contribution in [0.15, 0.2) is 37.4 Å². The first-order valence-corrected chi connectivity index (χ1v) is 5.39. The monoisotopic (exact) mass is 217 g/mol. The molecule has 0 saturated heterocycles. The van der Waals surface area contributed by atoms with Crippen molar-refractivity contribution in [1.82, 2.24) is 14.6 Å². The van der Waals surface area contributed by atoms with Gasteiger partial charge in [-0.05, 0) is 19.3 Å². The number of aromatic nitrogens is 3.